The number of esters is 1. The Kier molecular flexibility index (Phi) is 3.98. The van der Waals surface area contributed by atoms with Crippen molar-refractivity contribution in [3.63, 3.8) is 0 Å². The summed E-state index contributed by atoms with van der Waals surface area (Å²) >= 11 is 0. The molecule has 0 unspecified atom stereocenters. The predicted molar refractivity (Wildman–Crippen MR) is 93.5 cm³/mol. The van der Waals surface area contributed by atoms with Crippen LogP contribution in [-0.4, -0.2) is 29.4 Å². The largest absolute Gasteiger partial charge is 0.415 e. The first-order valence-corrected chi connectivity index (χ1v) is 8.32. The summed E-state index contributed by atoms with van der Waals surface area (Å²) in [6.45, 7) is 0.754. The van der Waals surface area contributed by atoms with Crippen molar-refractivity contribution in [2.24, 2.45) is 0 Å². The van der Waals surface area contributed by atoms with Crippen LogP contribution in [0.15, 0.2) is 36.4 Å². The highest BCUT2D eigenvalue weighted by atomic mass is 19.1. The number of benzene rings is 2. The number of nitro groups is 1. The predicted octanol–water partition coefficient (Wildman–Crippen LogP) is 2.87. The Hall–Kier alpha value is -3.49. The van der Waals surface area contributed by atoms with Crippen LogP contribution in [0.4, 0.5) is 21.5 Å². The Balaban J connectivity index is 1.63. The second kappa shape index (κ2) is 6.35. The van der Waals surface area contributed by atoms with Crippen LogP contribution >= 0.6 is 0 Å². The highest BCUT2D eigenvalue weighted by molar-refractivity contribution is 6.05. The molecule has 0 saturated carbocycles. The fourth-order valence-corrected chi connectivity index (χ4v) is 3.44. The first kappa shape index (κ1) is 17.0. The number of nitrogens with zero attached hydrogens (tertiary/aromatic N) is 2. The maximum Gasteiger partial charge on any atom is 0.343 e. The molecular weight excluding hydrogens is 357 g/mol. The van der Waals surface area contributed by atoms with Crippen LogP contribution in [0.2, 0.25) is 0 Å². The molecule has 8 nitrogen and oxygen atoms in total. The Morgan fingerprint density at radius 1 is 1.30 bits per heavy atom. The molecule has 0 radical (unpaired) electrons. The topological polar surface area (TPSA) is 102 Å². The van der Waals surface area contributed by atoms with Crippen LogP contribution in [0.5, 0.6) is 5.75 Å². The molecule has 2 aliphatic rings. The average Bonchev–Trinajstić information content (AvgIpc) is 3.11. The standard InChI is InChI=1S/C18H14FN3O5/c19-11-4-6-14(22(25)26)16(9-11)27-18(24)10-3-5-13-12(8-10)20-17(23)15-2-1-7-21(13)15/h3-6,8-9,15H,1-2,7H2,(H,20,23)/t15-/m0/s1. The van der Waals surface area contributed by atoms with Gasteiger partial charge in [0.15, 0.2) is 0 Å². The summed E-state index contributed by atoms with van der Waals surface area (Å²) in [6, 6.07) is 7.09. The molecule has 1 fully saturated rings. The first-order valence-electron chi connectivity index (χ1n) is 8.32. The smallest absolute Gasteiger partial charge is 0.343 e. The summed E-state index contributed by atoms with van der Waals surface area (Å²) in [5, 5.41) is 13.8. The SMILES string of the molecule is O=C(Oc1cc(F)ccc1[N+](=O)[O-])c1ccc2c(c1)NC(=O)[C@@H]1CCCN21. The summed E-state index contributed by atoms with van der Waals surface area (Å²) in [5.74, 6) is -2.26. The molecule has 1 saturated heterocycles. The number of ether oxygens (including phenoxy) is 1. The maximum absolute atomic E-state index is 13.4. The third-order valence-corrected chi connectivity index (χ3v) is 4.68. The number of hydrogen-bond acceptors (Lipinski definition) is 6. The molecule has 2 aromatic carbocycles. The number of nitro benzene ring substituents is 1. The Morgan fingerprint density at radius 3 is 2.89 bits per heavy atom. The highest BCUT2D eigenvalue weighted by Crippen LogP contribution is 2.37. The van der Waals surface area contributed by atoms with E-state index >= 15 is 0 Å². The number of anilines is 2. The van der Waals surface area contributed by atoms with Crippen molar-refractivity contribution in [1.82, 2.24) is 0 Å². The van der Waals surface area contributed by atoms with Crippen LogP contribution < -0.4 is 15.0 Å². The van der Waals surface area contributed by atoms with Crippen molar-refractivity contribution in [2.45, 2.75) is 18.9 Å². The van der Waals surface area contributed by atoms with Crippen molar-refractivity contribution >= 4 is 28.9 Å². The van der Waals surface area contributed by atoms with E-state index < -0.39 is 28.1 Å². The van der Waals surface area contributed by atoms with Crippen LogP contribution in [0.25, 0.3) is 0 Å². The van der Waals surface area contributed by atoms with Gasteiger partial charge in [0.05, 0.1) is 21.9 Å². The van der Waals surface area contributed by atoms with Crippen molar-refractivity contribution in [2.75, 3.05) is 16.8 Å². The lowest BCUT2D eigenvalue weighted by Gasteiger charge is -2.33. The van der Waals surface area contributed by atoms with E-state index in [1.807, 2.05) is 4.90 Å². The molecule has 2 aliphatic heterocycles. The quantitative estimate of drug-likeness (QED) is 0.385. The normalized spacial score (nSPS) is 17.7. The molecular formula is C18H14FN3O5. The van der Waals surface area contributed by atoms with E-state index in [0.29, 0.717) is 5.69 Å². The number of amides is 1. The Bertz CT molecular complexity index is 977. The van der Waals surface area contributed by atoms with Gasteiger partial charge in [-0.1, -0.05) is 0 Å². The van der Waals surface area contributed by atoms with Crippen LogP contribution in [0.3, 0.4) is 0 Å². The molecule has 27 heavy (non-hydrogen) atoms. The molecule has 1 atom stereocenters. The highest BCUT2D eigenvalue weighted by Gasteiger charge is 2.36. The zero-order valence-corrected chi connectivity index (χ0v) is 14.0. The fourth-order valence-electron chi connectivity index (χ4n) is 3.44. The van der Waals surface area contributed by atoms with Gasteiger partial charge in [-0.3, -0.25) is 14.9 Å². The molecule has 4 rings (SSSR count). The summed E-state index contributed by atoms with van der Waals surface area (Å²) in [7, 11) is 0. The molecule has 1 N–H and O–H groups in total. The molecule has 9 heteroatoms. The number of carbonyl (C=O) groups is 2. The van der Waals surface area contributed by atoms with Gasteiger partial charge in [-0.2, -0.15) is 0 Å². The number of halogens is 1. The lowest BCUT2D eigenvalue weighted by molar-refractivity contribution is -0.385. The third kappa shape index (κ3) is 2.97. The van der Waals surface area contributed by atoms with E-state index in [1.54, 1.807) is 6.07 Å². The van der Waals surface area contributed by atoms with E-state index in [2.05, 4.69) is 5.32 Å². The van der Waals surface area contributed by atoms with Gasteiger partial charge in [0, 0.05) is 18.7 Å². The molecule has 0 aromatic heterocycles. The van der Waals surface area contributed by atoms with Crippen LogP contribution in [-0.2, 0) is 4.79 Å². The van der Waals surface area contributed by atoms with E-state index in [4.69, 9.17) is 4.74 Å². The lowest BCUT2D eigenvalue weighted by Crippen LogP contribution is -2.43. The second-order valence-corrected chi connectivity index (χ2v) is 6.33. The number of carbonyl (C=O) groups excluding carboxylic acids is 2. The van der Waals surface area contributed by atoms with Crippen molar-refractivity contribution in [3.05, 3.63) is 57.9 Å². The van der Waals surface area contributed by atoms with Gasteiger partial charge in [0.1, 0.15) is 11.9 Å². The van der Waals surface area contributed by atoms with Crippen LogP contribution in [0.1, 0.15) is 23.2 Å². The van der Waals surface area contributed by atoms with E-state index in [-0.39, 0.29) is 17.5 Å². The molecule has 0 bridgehead atoms. The second-order valence-electron chi connectivity index (χ2n) is 6.33. The van der Waals surface area contributed by atoms with E-state index in [9.17, 15) is 24.1 Å². The van der Waals surface area contributed by atoms with Gasteiger partial charge in [0.2, 0.25) is 11.7 Å². The van der Waals surface area contributed by atoms with Crippen molar-refractivity contribution < 1.29 is 23.6 Å². The zero-order valence-electron chi connectivity index (χ0n) is 14.0. The fraction of sp³-hybridized carbons (Fsp3) is 0.222. The van der Waals surface area contributed by atoms with Gasteiger partial charge in [-0.15, -0.1) is 0 Å². The Labute approximate surface area is 152 Å². The van der Waals surface area contributed by atoms with Gasteiger partial charge < -0.3 is 15.0 Å². The number of hydrogen-bond donors (Lipinski definition) is 1. The van der Waals surface area contributed by atoms with Crippen LogP contribution in [0, 0.1) is 15.9 Å². The minimum atomic E-state index is -0.885. The third-order valence-electron chi connectivity index (χ3n) is 4.68. The average molecular weight is 371 g/mol. The number of nitrogens with one attached hydrogen (secondary N) is 1. The molecule has 1 amide bonds. The summed E-state index contributed by atoms with van der Waals surface area (Å²) in [6.07, 6.45) is 1.68. The van der Waals surface area contributed by atoms with Gasteiger partial charge in [-0.05, 0) is 37.1 Å². The van der Waals surface area contributed by atoms with Crippen molar-refractivity contribution in [1.29, 1.82) is 0 Å². The van der Waals surface area contributed by atoms with Gasteiger partial charge in [-0.25, -0.2) is 9.18 Å². The zero-order chi connectivity index (χ0) is 19.1. The monoisotopic (exact) mass is 371 g/mol. The molecule has 138 valence electrons. The van der Waals surface area contributed by atoms with Gasteiger partial charge >= 0.3 is 11.7 Å². The Morgan fingerprint density at radius 2 is 2.11 bits per heavy atom. The lowest BCUT2D eigenvalue weighted by atomic mass is 10.1. The molecule has 2 aromatic rings. The van der Waals surface area contributed by atoms with E-state index in [0.717, 1.165) is 43.3 Å². The maximum atomic E-state index is 13.4. The number of rotatable bonds is 3. The minimum absolute atomic E-state index is 0.0882. The summed E-state index contributed by atoms with van der Waals surface area (Å²) in [4.78, 5) is 36.8. The van der Waals surface area contributed by atoms with E-state index in [1.165, 1.54) is 12.1 Å². The molecule has 2 heterocycles. The first-order chi connectivity index (χ1) is 12.9. The van der Waals surface area contributed by atoms with Gasteiger partial charge in [0.25, 0.3) is 0 Å². The van der Waals surface area contributed by atoms with Crippen molar-refractivity contribution in [3.8, 4) is 5.75 Å². The number of fused-ring (bicyclic) bond motifs is 3. The minimum Gasteiger partial charge on any atom is -0.415 e. The molecule has 0 spiro atoms. The summed E-state index contributed by atoms with van der Waals surface area (Å²) < 4.78 is 18.4. The molecule has 0 aliphatic carbocycles. The summed E-state index contributed by atoms with van der Waals surface area (Å²) in [5.41, 5.74) is 0.855.